The van der Waals surface area contributed by atoms with Crippen LogP contribution in [0.5, 0.6) is 0 Å². The molecule has 1 fully saturated rings. The summed E-state index contributed by atoms with van der Waals surface area (Å²) < 4.78 is 0. The van der Waals surface area contributed by atoms with Gasteiger partial charge in [0.25, 0.3) is 0 Å². The molecule has 0 spiro atoms. The van der Waals surface area contributed by atoms with Crippen molar-refractivity contribution in [3.8, 4) is 0 Å². The number of anilines is 4. The summed E-state index contributed by atoms with van der Waals surface area (Å²) in [6, 6.07) is 22.1. The number of hydrogen-bond acceptors (Lipinski definition) is 3. The highest BCUT2D eigenvalue weighted by molar-refractivity contribution is 6.04. The first-order valence-electron chi connectivity index (χ1n) is 11.9. The first-order valence-corrected chi connectivity index (χ1v) is 11.9. The zero-order valence-corrected chi connectivity index (χ0v) is 20.4. The van der Waals surface area contributed by atoms with Crippen LogP contribution >= 0.6 is 0 Å². The predicted octanol–water partition coefficient (Wildman–Crippen LogP) is 6.24. The lowest BCUT2D eigenvalue weighted by Crippen LogP contribution is -2.28. The van der Waals surface area contributed by atoms with E-state index in [0.717, 1.165) is 40.3 Å². The van der Waals surface area contributed by atoms with E-state index in [1.54, 1.807) is 4.90 Å². The fraction of sp³-hybridized carbons (Fsp3) is 0.310. The zero-order valence-electron chi connectivity index (χ0n) is 20.4. The van der Waals surface area contributed by atoms with Gasteiger partial charge in [0, 0.05) is 35.7 Å². The monoisotopic (exact) mass is 455 g/mol. The highest BCUT2D eigenvalue weighted by Gasteiger charge is 2.35. The van der Waals surface area contributed by atoms with Gasteiger partial charge >= 0.3 is 0 Å². The van der Waals surface area contributed by atoms with Gasteiger partial charge in [0.15, 0.2) is 0 Å². The molecule has 0 saturated carbocycles. The quantitative estimate of drug-likeness (QED) is 0.443. The van der Waals surface area contributed by atoms with Crippen molar-refractivity contribution in [1.82, 2.24) is 0 Å². The molecule has 0 radical (unpaired) electrons. The second kappa shape index (κ2) is 10.1. The van der Waals surface area contributed by atoms with E-state index in [9.17, 15) is 9.59 Å². The highest BCUT2D eigenvalue weighted by atomic mass is 16.2. The van der Waals surface area contributed by atoms with Crippen LogP contribution in [0.15, 0.2) is 66.7 Å². The van der Waals surface area contributed by atoms with Gasteiger partial charge in [-0.15, -0.1) is 0 Å². The topological polar surface area (TPSA) is 61.4 Å². The summed E-state index contributed by atoms with van der Waals surface area (Å²) in [5, 5.41) is 6.47. The van der Waals surface area contributed by atoms with Crippen molar-refractivity contribution in [2.24, 2.45) is 11.8 Å². The Kier molecular flexibility index (Phi) is 7.01. The van der Waals surface area contributed by atoms with Crippen LogP contribution in [0.3, 0.4) is 0 Å². The smallest absolute Gasteiger partial charge is 0.229 e. The van der Waals surface area contributed by atoms with Gasteiger partial charge in [0.2, 0.25) is 11.8 Å². The van der Waals surface area contributed by atoms with Crippen molar-refractivity contribution >= 4 is 34.6 Å². The molecule has 3 aromatic rings. The van der Waals surface area contributed by atoms with Gasteiger partial charge < -0.3 is 15.5 Å². The molecule has 1 unspecified atom stereocenters. The molecule has 5 nitrogen and oxygen atoms in total. The van der Waals surface area contributed by atoms with Crippen LogP contribution in [0.2, 0.25) is 0 Å². The van der Waals surface area contributed by atoms with Crippen LogP contribution in [0.4, 0.5) is 22.7 Å². The van der Waals surface area contributed by atoms with E-state index >= 15 is 0 Å². The fourth-order valence-corrected chi connectivity index (χ4v) is 4.42. The van der Waals surface area contributed by atoms with Crippen LogP contribution in [0, 0.1) is 25.7 Å². The standard InChI is InChI=1S/C29H33N3O2/c1-19(2)15-22-7-5-6-8-26(22)30-24-11-13-25(14-12-24)31-29(34)23-17-28(33)32(18-23)27-16-20(3)9-10-21(27)4/h5-14,16,19,23,30H,15,17-18H2,1-4H3,(H,31,34). The number of nitrogens with zero attached hydrogens (tertiary/aromatic N) is 1. The van der Waals surface area contributed by atoms with Crippen molar-refractivity contribution in [3.63, 3.8) is 0 Å². The fourth-order valence-electron chi connectivity index (χ4n) is 4.42. The molecule has 0 aromatic heterocycles. The van der Waals surface area contributed by atoms with Gasteiger partial charge in [-0.2, -0.15) is 0 Å². The minimum atomic E-state index is -0.367. The third-order valence-electron chi connectivity index (χ3n) is 6.23. The molecule has 2 N–H and O–H groups in total. The summed E-state index contributed by atoms with van der Waals surface area (Å²) in [6.45, 7) is 8.84. The maximum absolute atomic E-state index is 12.9. The van der Waals surface area contributed by atoms with E-state index in [2.05, 4.69) is 42.7 Å². The number of hydrogen-bond donors (Lipinski definition) is 2. The van der Waals surface area contributed by atoms with Crippen molar-refractivity contribution < 1.29 is 9.59 Å². The highest BCUT2D eigenvalue weighted by Crippen LogP contribution is 2.30. The SMILES string of the molecule is Cc1ccc(C)c(N2CC(C(=O)Nc3ccc(Nc4ccccc4CC(C)C)cc3)CC2=O)c1. The zero-order chi connectivity index (χ0) is 24.2. The van der Waals surface area contributed by atoms with E-state index < -0.39 is 0 Å². The average molecular weight is 456 g/mol. The summed E-state index contributed by atoms with van der Waals surface area (Å²) in [5.41, 5.74) is 7.11. The lowest BCUT2D eigenvalue weighted by molar-refractivity contribution is -0.122. The number of amides is 2. The van der Waals surface area contributed by atoms with Crippen LogP contribution in [-0.4, -0.2) is 18.4 Å². The Labute approximate surface area is 202 Å². The number of aryl methyl sites for hydroxylation is 2. The number of para-hydroxylation sites is 1. The van der Waals surface area contributed by atoms with E-state index in [-0.39, 0.29) is 24.2 Å². The lowest BCUT2D eigenvalue weighted by atomic mass is 10.0. The molecule has 1 heterocycles. The van der Waals surface area contributed by atoms with Gasteiger partial charge in [-0.1, -0.05) is 44.2 Å². The molecule has 1 aliphatic heterocycles. The summed E-state index contributed by atoms with van der Waals surface area (Å²) in [5.74, 6) is 0.0829. The Balaban J connectivity index is 1.39. The van der Waals surface area contributed by atoms with Crippen molar-refractivity contribution in [3.05, 3.63) is 83.4 Å². The molecule has 0 aliphatic carbocycles. The molecule has 1 aliphatic rings. The Hall–Kier alpha value is -3.60. The van der Waals surface area contributed by atoms with Crippen molar-refractivity contribution in [2.45, 2.75) is 40.5 Å². The summed E-state index contributed by atoms with van der Waals surface area (Å²) in [7, 11) is 0. The molecule has 34 heavy (non-hydrogen) atoms. The van der Waals surface area contributed by atoms with Gasteiger partial charge in [-0.25, -0.2) is 0 Å². The van der Waals surface area contributed by atoms with E-state index in [4.69, 9.17) is 0 Å². The van der Waals surface area contributed by atoms with Gasteiger partial charge in [0.1, 0.15) is 0 Å². The van der Waals surface area contributed by atoms with Crippen LogP contribution in [0.25, 0.3) is 0 Å². The molecular formula is C29H33N3O2. The Morgan fingerprint density at radius 3 is 2.44 bits per heavy atom. The maximum Gasteiger partial charge on any atom is 0.229 e. The van der Waals surface area contributed by atoms with Crippen LogP contribution < -0.4 is 15.5 Å². The van der Waals surface area contributed by atoms with Gasteiger partial charge in [-0.05, 0) is 79.3 Å². The Morgan fingerprint density at radius 1 is 1.00 bits per heavy atom. The molecule has 176 valence electrons. The second-order valence-electron chi connectivity index (χ2n) is 9.64. The minimum Gasteiger partial charge on any atom is -0.355 e. The molecule has 3 aromatic carbocycles. The van der Waals surface area contributed by atoms with E-state index in [1.807, 2.05) is 62.4 Å². The lowest BCUT2D eigenvalue weighted by Gasteiger charge is -2.19. The number of carbonyl (C=O) groups is 2. The minimum absolute atomic E-state index is 0.00605. The van der Waals surface area contributed by atoms with Gasteiger partial charge in [0.05, 0.1) is 5.92 Å². The maximum atomic E-state index is 12.9. The Morgan fingerprint density at radius 2 is 1.71 bits per heavy atom. The largest absolute Gasteiger partial charge is 0.355 e. The summed E-state index contributed by atoms with van der Waals surface area (Å²) in [4.78, 5) is 27.3. The second-order valence-corrected chi connectivity index (χ2v) is 9.64. The molecule has 4 rings (SSSR count). The third kappa shape index (κ3) is 5.48. The Bertz CT molecular complexity index is 1180. The number of benzene rings is 3. The molecule has 0 bridgehead atoms. The first kappa shape index (κ1) is 23.6. The van der Waals surface area contributed by atoms with Crippen LogP contribution in [-0.2, 0) is 16.0 Å². The molecule has 1 saturated heterocycles. The van der Waals surface area contributed by atoms with E-state index in [1.165, 1.54) is 5.56 Å². The average Bonchev–Trinajstić information content (AvgIpc) is 3.19. The summed E-state index contributed by atoms with van der Waals surface area (Å²) in [6.07, 6.45) is 1.24. The third-order valence-corrected chi connectivity index (χ3v) is 6.23. The van der Waals surface area contributed by atoms with Crippen molar-refractivity contribution in [2.75, 3.05) is 22.1 Å². The van der Waals surface area contributed by atoms with E-state index in [0.29, 0.717) is 12.5 Å². The number of carbonyl (C=O) groups excluding carboxylic acids is 2. The normalized spacial score (nSPS) is 15.6. The summed E-state index contributed by atoms with van der Waals surface area (Å²) >= 11 is 0. The predicted molar refractivity (Wildman–Crippen MR) is 140 cm³/mol. The number of nitrogens with one attached hydrogen (secondary N) is 2. The van der Waals surface area contributed by atoms with Gasteiger partial charge in [-0.3, -0.25) is 9.59 Å². The van der Waals surface area contributed by atoms with Crippen molar-refractivity contribution in [1.29, 1.82) is 0 Å². The molecule has 5 heteroatoms. The molecular weight excluding hydrogens is 422 g/mol. The number of rotatable bonds is 7. The molecule has 1 atom stereocenters. The molecule has 2 amide bonds. The first-order chi connectivity index (χ1) is 16.3. The van der Waals surface area contributed by atoms with Crippen LogP contribution in [0.1, 0.15) is 37.0 Å².